The first-order valence-electron chi connectivity index (χ1n) is 10.6. The van der Waals surface area contributed by atoms with Crippen molar-refractivity contribution in [2.75, 3.05) is 20.3 Å². The van der Waals surface area contributed by atoms with E-state index in [1.54, 1.807) is 7.05 Å². The van der Waals surface area contributed by atoms with E-state index in [0.29, 0.717) is 25.7 Å². The number of halogens is 1. The lowest BCUT2D eigenvalue weighted by molar-refractivity contribution is 0.287. The molecule has 32 heavy (non-hydrogen) atoms. The molecule has 1 atom stereocenters. The number of rotatable bonds is 9. The number of benzene rings is 2. The van der Waals surface area contributed by atoms with Crippen molar-refractivity contribution in [3.05, 3.63) is 66.1 Å². The molecule has 0 radical (unpaired) electrons. The fourth-order valence-corrected chi connectivity index (χ4v) is 3.20. The lowest BCUT2D eigenvalue weighted by Gasteiger charge is -2.19. The summed E-state index contributed by atoms with van der Waals surface area (Å²) in [6, 6.07) is 16.2. The molecule has 1 aromatic heterocycles. The van der Waals surface area contributed by atoms with E-state index in [1.165, 1.54) is 0 Å². The van der Waals surface area contributed by atoms with Crippen molar-refractivity contribution in [3.63, 3.8) is 0 Å². The molecule has 8 heteroatoms. The highest BCUT2D eigenvalue weighted by Crippen LogP contribution is 2.30. The molecule has 0 saturated heterocycles. The minimum absolute atomic E-state index is 0. The molecular formula is C24H32IN5O2. The van der Waals surface area contributed by atoms with Crippen molar-refractivity contribution in [2.45, 2.75) is 33.4 Å². The van der Waals surface area contributed by atoms with Gasteiger partial charge in [0.1, 0.15) is 5.82 Å². The molecule has 3 aromatic rings. The fourth-order valence-electron chi connectivity index (χ4n) is 3.20. The number of nitrogens with zero attached hydrogens (tertiary/aromatic N) is 2. The molecule has 0 aliphatic heterocycles. The minimum atomic E-state index is 0. The molecule has 0 aliphatic carbocycles. The quantitative estimate of drug-likeness (QED) is 0.201. The van der Waals surface area contributed by atoms with Crippen LogP contribution in [-0.4, -0.2) is 36.2 Å². The number of hydrogen-bond acceptors (Lipinski definition) is 4. The summed E-state index contributed by atoms with van der Waals surface area (Å²) in [6.45, 7) is 7.73. The van der Waals surface area contributed by atoms with Gasteiger partial charge in [0, 0.05) is 7.05 Å². The third-order valence-corrected chi connectivity index (χ3v) is 4.78. The van der Waals surface area contributed by atoms with E-state index in [1.807, 2.05) is 56.4 Å². The lowest BCUT2D eigenvalue weighted by atomic mass is 10.1. The summed E-state index contributed by atoms with van der Waals surface area (Å²) in [5, 5.41) is 6.73. The van der Waals surface area contributed by atoms with Crippen LogP contribution in [0.4, 0.5) is 0 Å². The Morgan fingerprint density at radius 2 is 1.78 bits per heavy atom. The predicted molar refractivity (Wildman–Crippen MR) is 140 cm³/mol. The second-order valence-corrected chi connectivity index (χ2v) is 6.97. The second-order valence-electron chi connectivity index (χ2n) is 6.97. The average molecular weight is 549 g/mol. The molecule has 1 unspecified atom stereocenters. The summed E-state index contributed by atoms with van der Waals surface area (Å²) in [6.07, 6.45) is 1.85. The Labute approximate surface area is 207 Å². The number of guanidine groups is 1. The Kier molecular flexibility index (Phi) is 10.3. The summed E-state index contributed by atoms with van der Waals surface area (Å²) >= 11 is 0. The molecule has 2 aromatic carbocycles. The van der Waals surface area contributed by atoms with E-state index in [9.17, 15) is 0 Å². The van der Waals surface area contributed by atoms with Gasteiger partial charge in [-0.05, 0) is 44.0 Å². The van der Waals surface area contributed by atoms with Crippen LogP contribution in [0.15, 0.2) is 59.7 Å². The van der Waals surface area contributed by atoms with E-state index in [4.69, 9.17) is 9.47 Å². The van der Waals surface area contributed by atoms with Gasteiger partial charge in [-0.25, -0.2) is 4.98 Å². The first-order valence-corrected chi connectivity index (χ1v) is 10.6. The molecule has 3 N–H and O–H groups in total. The van der Waals surface area contributed by atoms with E-state index in [-0.39, 0.29) is 30.0 Å². The van der Waals surface area contributed by atoms with E-state index in [2.05, 4.69) is 44.7 Å². The molecule has 0 saturated carbocycles. The number of hydrogen-bond donors (Lipinski definition) is 3. The van der Waals surface area contributed by atoms with Crippen LogP contribution in [0.2, 0.25) is 0 Å². The SMILES string of the molecule is CCOc1ccc(C(C)NC(=NC)NCc2ncc(-c3ccccc3)[nH]2)cc1OCC.I. The van der Waals surface area contributed by atoms with E-state index >= 15 is 0 Å². The van der Waals surface area contributed by atoms with Gasteiger partial charge in [-0.2, -0.15) is 0 Å². The van der Waals surface area contributed by atoms with Crippen molar-refractivity contribution < 1.29 is 9.47 Å². The Balaban J connectivity index is 0.00000363. The summed E-state index contributed by atoms with van der Waals surface area (Å²) in [4.78, 5) is 12.1. The van der Waals surface area contributed by atoms with Gasteiger partial charge in [0.25, 0.3) is 0 Å². The van der Waals surface area contributed by atoms with Gasteiger partial charge in [0.15, 0.2) is 17.5 Å². The van der Waals surface area contributed by atoms with Crippen LogP contribution < -0.4 is 20.1 Å². The number of H-pyrrole nitrogens is 1. The highest BCUT2D eigenvalue weighted by Gasteiger charge is 2.13. The van der Waals surface area contributed by atoms with Gasteiger partial charge >= 0.3 is 0 Å². The van der Waals surface area contributed by atoms with Gasteiger partial charge < -0.3 is 25.1 Å². The van der Waals surface area contributed by atoms with E-state index in [0.717, 1.165) is 34.1 Å². The third-order valence-electron chi connectivity index (χ3n) is 4.78. The van der Waals surface area contributed by atoms with Gasteiger partial charge in [-0.15, -0.1) is 24.0 Å². The first-order chi connectivity index (χ1) is 15.1. The maximum atomic E-state index is 5.74. The van der Waals surface area contributed by atoms with Crippen molar-refractivity contribution in [3.8, 4) is 22.8 Å². The zero-order valence-corrected chi connectivity index (χ0v) is 21.3. The van der Waals surface area contributed by atoms with Crippen molar-refractivity contribution >= 4 is 29.9 Å². The largest absolute Gasteiger partial charge is 0.490 e. The predicted octanol–water partition coefficient (Wildman–Crippen LogP) is 4.92. The Morgan fingerprint density at radius 1 is 1.06 bits per heavy atom. The summed E-state index contributed by atoms with van der Waals surface area (Å²) < 4.78 is 11.4. The van der Waals surface area contributed by atoms with Gasteiger partial charge in [0.05, 0.1) is 37.7 Å². The molecule has 7 nitrogen and oxygen atoms in total. The third kappa shape index (κ3) is 6.88. The molecule has 3 rings (SSSR count). The molecule has 0 spiro atoms. The maximum absolute atomic E-state index is 5.74. The lowest BCUT2D eigenvalue weighted by Crippen LogP contribution is -2.38. The zero-order chi connectivity index (χ0) is 22.1. The molecule has 0 bridgehead atoms. The minimum Gasteiger partial charge on any atom is -0.490 e. The summed E-state index contributed by atoms with van der Waals surface area (Å²) in [5.74, 6) is 3.04. The number of aromatic amines is 1. The number of imidazole rings is 1. The van der Waals surface area contributed by atoms with Crippen LogP contribution in [-0.2, 0) is 6.54 Å². The molecule has 0 aliphatic rings. The van der Waals surface area contributed by atoms with Crippen molar-refractivity contribution in [1.82, 2.24) is 20.6 Å². The molecule has 172 valence electrons. The monoisotopic (exact) mass is 549 g/mol. The Bertz CT molecular complexity index is 991. The Morgan fingerprint density at radius 3 is 2.47 bits per heavy atom. The zero-order valence-electron chi connectivity index (χ0n) is 19.0. The number of aromatic nitrogens is 2. The summed E-state index contributed by atoms with van der Waals surface area (Å²) in [7, 11) is 1.75. The highest BCUT2D eigenvalue weighted by atomic mass is 127. The van der Waals surface area contributed by atoms with Crippen LogP contribution in [0, 0.1) is 0 Å². The normalized spacial score (nSPS) is 11.9. The van der Waals surface area contributed by atoms with Gasteiger partial charge in [-0.1, -0.05) is 36.4 Å². The van der Waals surface area contributed by atoms with Crippen molar-refractivity contribution in [1.29, 1.82) is 0 Å². The topological polar surface area (TPSA) is 83.6 Å². The summed E-state index contributed by atoms with van der Waals surface area (Å²) in [5.41, 5.74) is 3.18. The number of nitrogens with one attached hydrogen (secondary N) is 3. The standard InChI is InChI=1S/C24H31N5O2.HI/c1-5-30-21-13-12-19(14-22(21)31-6-2)17(3)28-24(25-4)27-16-23-26-15-20(29-23)18-10-8-7-9-11-18;/h7-15,17H,5-6,16H2,1-4H3,(H,26,29)(H2,25,27,28);1H. The van der Waals surface area contributed by atoms with Crippen LogP contribution >= 0.6 is 24.0 Å². The van der Waals surface area contributed by atoms with E-state index < -0.39 is 0 Å². The smallest absolute Gasteiger partial charge is 0.191 e. The van der Waals surface area contributed by atoms with Crippen LogP contribution in [0.3, 0.4) is 0 Å². The maximum Gasteiger partial charge on any atom is 0.191 e. The molecule has 0 fully saturated rings. The Hall–Kier alpha value is -2.75. The van der Waals surface area contributed by atoms with Crippen LogP contribution in [0.25, 0.3) is 11.3 Å². The van der Waals surface area contributed by atoms with Gasteiger partial charge in [-0.3, -0.25) is 4.99 Å². The molecule has 1 heterocycles. The van der Waals surface area contributed by atoms with Crippen molar-refractivity contribution in [2.24, 2.45) is 4.99 Å². The molecular weight excluding hydrogens is 517 g/mol. The van der Waals surface area contributed by atoms with Crippen LogP contribution in [0.1, 0.15) is 38.2 Å². The highest BCUT2D eigenvalue weighted by molar-refractivity contribution is 14.0. The van der Waals surface area contributed by atoms with Crippen LogP contribution in [0.5, 0.6) is 11.5 Å². The average Bonchev–Trinajstić information content (AvgIpc) is 3.27. The first kappa shape index (κ1) is 25.5. The second kappa shape index (κ2) is 12.9. The van der Waals surface area contributed by atoms with Gasteiger partial charge in [0.2, 0.25) is 0 Å². The fraction of sp³-hybridized carbons (Fsp3) is 0.333. The number of ether oxygens (including phenoxy) is 2. The number of aliphatic imine (C=N–C) groups is 1. The molecule has 0 amide bonds.